The van der Waals surface area contributed by atoms with Crippen LogP contribution < -0.4 is 18.9 Å². The number of aliphatic imine (C=N–C) groups is 1. The molecule has 0 amide bonds. The SMILES string of the molecule is CCCCCCc1c[c-]c(C2=NC(C)(C)CO2)cc1.[Li+]. The molecule has 20 heavy (non-hydrogen) atoms. The van der Waals surface area contributed by atoms with Crippen molar-refractivity contribution in [3.05, 3.63) is 35.4 Å². The molecule has 1 aromatic carbocycles. The Bertz CT molecular complexity index is 437. The molecule has 0 aliphatic carbocycles. The van der Waals surface area contributed by atoms with Crippen LogP contribution in [0.3, 0.4) is 0 Å². The van der Waals surface area contributed by atoms with Crippen LogP contribution in [0.15, 0.2) is 23.2 Å². The summed E-state index contributed by atoms with van der Waals surface area (Å²) < 4.78 is 5.63. The Balaban J connectivity index is 0.00000200. The van der Waals surface area contributed by atoms with Gasteiger partial charge in [-0.05, 0) is 13.8 Å². The van der Waals surface area contributed by atoms with Crippen molar-refractivity contribution in [1.82, 2.24) is 0 Å². The Hall–Kier alpha value is -0.713. The fourth-order valence-electron chi connectivity index (χ4n) is 2.22. The molecule has 2 nitrogen and oxygen atoms in total. The molecule has 1 aliphatic rings. The van der Waals surface area contributed by atoms with E-state index in [1.807, 2.05) is 0 Å². The Morgan fingerprint density at radius 3 is 2.60 bits per heavy atom. The standard InChI is InChI=1S/C17H24NO.Li/c1-4-5-6-7-8-14-9-11-15(12-10-14)16-18-17(2,3)13-19-16;/h9-11H,4-8,13H2,1-3H3;/q-1;+1. The van der Waals surface area contributed by atoms with E-state index in [2.05, 4.69) is 50.0 Å². The van der Waals surface area contributed by atoms with Gasteiger partial charge in [0.1, 0.15) is 12.5 Å². The minimum Gasteiger partial charge on any atom is -0.518 e. The van der Waals surface area contributed by atoms with E-state index < -0.39 is 0 Å². The van der Waals surface area contributed by atoms with Crippen LogP contribution in [-0.2, 0) is 11.2 Å². The third kappa shape index (κ3) is 5.00. The van der Waals surface area contributed by atoms with Crippen LogP contribution >= 0.6 is 0 Å². The van der Waals surface area contributed by atoms with Gasteiger partial charge >= 0.3 is 18.9 Å². The molecule has 0 radical (unpaired) electrons. The van der Waals surface area contributed by atoms with Crippen molar-refractivity contribution < 1.29 is 23.6 Å². The first-order valence-electron chi connectivity index (χ1n) is 7.34. The van der Waals surface area contributed by atoms with Gasteiger partial charge in [-0.1, -0.05) is 44.6 Å². The minimum absolute atomic E-state index is 0. The maximum absolute atomic E-state index is 5.63. The van der Waals surface area contributed by atoms with Gasteiger partial charge in [-0.3, -0.25) is 4.99 Å². The number of ether oxygens (including phenoxy) is 1. The fourth-order valence-corrected chi connectivity index (χ4v) is 2.22. The monoisotopic (exact) mass is 265 g/mol. The number of benzene rings is 1. The first-order valence-corrected chi connectivity index (χ1v) is 7.34. The predicted molar refractivity (Wildman–Crippen MR) is 79.7 cm³/mol. The average Bonchev–Trinajstić information content (AvgIpc) is 2.76. The van der Waals surface area contributed by atoms with Crippen molar-refractivity contribution >= 4 is 5.90 Å². The Kier molecular flexibility index (Phi) is 6.86. The smallest absolute Gasteiger partial charge is 0.518 e. The minimum atomic E-state index is -0.0952. The van der Waals surface area contributed by atoms with E-state index in [0.717, 1.165) is 17.9 Å². The number of hydrogen-bond acceptors (Lipinski definition) is 2. The molecule has 2 rings (SSSR count). The summed E-state index contributed by atoms with van der Waals surface area (Å²) in [5.41, 5.74) is 2.24. The van der Waals surface area contributed by atoms with Gasteiger partial charge in [-0.2, -0.15) is 0 Å². The van der Waals surface area contributed by atoms with Gasteiger partial charge in [0, 0.05) is 0 Å². The van der Waals surface area contributed by atoms with Crippen molar-refractivity contribution in [2.75, 3.05) is 6.61 Å². The van der Waals surface area contributed by atoms with Gasteiger partial charge in [0.05, 0.1) is 5.54 Å². The number of hydrogen-bond donors (Lipinski definition) is 0. The molecule has 0 saturated heterocycles. The van der Waals surface area contributed by atoms with Gasteiger partial charge in [-0.15, -0.1) is 29.8 Å². The maximum atomic E-state index is 5.63. The van der Waals surface area contributed by atoms with Crippen LogP contribution in [0.1, 0.15) is 57.6 Å². The molecule has 0 N–H and O–H groups in total. The summed E-state index contributed by atoms with van der Waals surface area (Å²) in [5.74, 6) is 0.738. The Morgan fingerprint density at radius 2 is 2.05 bits per heavy atom. The zero-order valence-electron chi connectivity index (χ0n) is 13.3. The molecule has 0 spiro atoms. The van der Waals surface area contributed by atoms with Crippen molar-refractivity contribution in [1.29, 1.82) is 0 Å². The van der Waals surface area contributed by atoms with Crippen molar-refractivity contribution in [2.45, 2.75) is 58.4 Å². The summed E-state index contributed by atoms with van der Waals surface area (Å²) in [7, 11) is 0. The van der Waals surface area contributed by atoms with Crippen LogP contribution in [-0.4, -0.2) is 18.0 Å². The molecule has 3 heteroatoms. The van der Waals surface area contributed by atoms with Crippen molar-refractivity contribution in [2.24, 2.45) is 4.99 Å². The molecule has 104 valence electrons. The van der Waals surface area contributed by atoms with Crippen LogP contribution in [0, 0.1) is 6.07 Å². The zero-order valence-corrected chi connectivity index (χ0v) is 13.3. The van der Waals surface area contributed by atoms with Crippen LogP contribution in [0.4, 0.5) is 0 Å². The first kappa shape index (κ1) is 17.3. The van der Waals surface area contributed by atoms with Crippen LogP contribution in [0.5, 0.6) is 0 Å². The molecule has 0 atom stereocenters. The third-order valence-electron chi connectivity index (χ3n) is 3.39. The van der Waals surface area contributed by atoms with Crippen LogP contribution in [0.25, 0.3) is 0 Å². The van der Waals surface area contributed by atoms with Gasteiger partial charge in [0.25, 0.3) is 0 Å². The van der Waals surface area contributed by atoms with Gasteiger partial charge < -0.3 is 4.74 Å². The number of rotatable bonds is 6. The fraction of sp³-hybridized carbons (Fsp3) is 0.588. The zero-order chi connectivity index (χ0) is 13.7. The summed E-state index contributed by atoms with van der Waals surface area (Å²) in [6, 6.07) is 9.64. The molecule has 0 unspecified atom stereocenters. The van der Waals surface area contributed by atoms with Gasteiger partial charge in [0.2, 0.25) is 0 Å². The van der Waals surface area contributed by atoms with Gasteiger partial charge in [-0.25, -0.2) is 0 Å². The Labute approximate surface area is 135 Å². The Morgan fingerprint density at radius 1 is 1.25 bits per heavy atom. The van der Waals surface area contributed by atoms with Crippen LogP contribution in [0.2, 0.25) is 0 Å². The molecular formula is C17H24LiNO. The van der Waals surface area contributed by atoms with Crippen molar-refractivity contribution in [3.8, 4) is 0 Å². The largest absolute Gasteiger partial charge is 1.00 e. The predicted octanol–water partition coefficient (Wildman–Crippen LogP) is 1.17. The van der Waals surface area contributed by atoms with E-state index in [1.165, 1.54) is 31.2 Å². The summed E-state index contributed by atoms with van der Waals surface area (Å²) in [4.78, 5) is 4.57. The maximum Gasteiger partial charge on any atom is 1.00 e. The number of unbranched alkanes of at least 4 members (excludes halogenated alkanes) is 3. The second-order valence-corrected chi connectivity index (χ2v) is 5.94. The number of aryl methyl sites for hydroxylation is 1. The summed E-state index contributed by atoms with van der Waals surface area (Å²) >= 11 is 0. The summed E-state index contributed by atoms with van der Waals surface area (Å²) in [6.45, 7) is 7.07. The average molecular weight is 265 g/mol. The van der Waals surface area contributed by atoms with E-state index in [-0.39, 0.29) is 24.4 Å². The quantitative estimate of drug-likeness (QED) is 0.430. The van der Waals surface area contributed by atoms with E-state index in [0.29, 0.717) is 6.61 Å². The normalized spacial score (nSPS) is 16.2. The van der Waals surface area contributed by atoms with E-state index in [9.17, 15) is 0 Å². The van der Waals surface area contributed by atoms with Gasteiger partial charge in [0.15, 0.2) is 0 Å². The second kappa shape index (κ2) is 7.91. The second-order valence-electron chi connectivity index (χ2n) is 5.94. The van der Waals surface area contributed by atoms with Crippen molar-refractivity contribution in [3.63, 3.8) is 0 Å². The first-order chi connectivity index (χ1) is 9.11. The summed E-state index contributed by atoms with van der Waals surface area (Å²) in [6.07, 6.45) is 6.36. The number of nitrogens with zero attached hydrogens (tertiary/aromatic N) is 1. The van der Waals surface area contributed by atoms with E-state index in [1.54, 1.807) is 0 Å². The molecule has 0 saturated carbocycles. The molecule has 0 bridgehead atoms. The molecule has 0 fully saturated rings. The van der Waals surface area contributed by atoms with E-state index >= 15 is 0 Å². The molecule has 0 aromatic heterocycles. The molecule has 1 aromatic rings. The van der Waals surface area contributed by atoms with E-state index in [4.69, 9.17) is 4.74 Å². The molecule has 1 heterocycles. The topological polar surface area (TPSA) is 21.6 Å². The molecular weight excluding hydrogens is 241 g/mol. The summed E-state index contributed by atoms with van der Waals surface area (Å²) in [5, 5.41) is 0. The third-order valence-corrected chi connectivity index (χ3v) is 3.39. The molecule has 1 aliphatic heterocycles.